The maximum atomic E-state index is 12.9. The van der Waals surface area contributed by atoms with Gasteiger partial charge in [-0.15, -0.1) is 0 Å². The van der Waals surface area contributed by atoms with Gasteiger partial charge in [0.25, 0.3) is 0 Å². The molecule has 31 heavy (non-hydrogen) atoms. The molecule has 1 aromatic rings. The van der Waals surface area contributed by atoms with Gasteiger partial charge in [-0.05, 0) is 47.5 Å². The van der Waals surface area contributed by atoms with Crippen molar-refractivity contribution in [2.75, 3.05) is 24.5 Å². The van der Waals surface area contributed by atoms with E-state index in [0.29, 0.717) is 19.5 Å². The molecule has 2 rings (SSSR count). The van der Waals surface area contributed by atoms with Crippen molar-refractivity contribution in [2.45, 2.75) is 65.1 Å². The molecule has 0 N–H and O–H groups in total. The molecule has 1 amide bonds. The Labute approximate surface area is 179 Å². The summed E-state index contributed by atoms with van der Waals surface area (Å²) in [5.41, 5.74) is -6.00. The Morgan fingerprint density at radius 1 is 1.16 bits per heavy atom. The summed E-state index contributed by atoms with van der Waals surface area (Å²) in [6.07, 6.45) is -0.132. The highest BCUT2D eigenvalue weighted by atomic mass is 32.2. The van der Waals surface area contributed by atoms with Crippen LogP contribution in [-0.4, -0.2) is 60.1 Å². The summed E-state index contributed by atoms with van der Waals surface area (Å²) in [5, 5.41) is 0. The molecule has 1 aliphatic rings. The highest BCUT2D eigenvalue weighted by molar-refractivity contribution is 7.87. The van der Waals surface area contributed by atoms with Gasteiger partial charge in [-0.1, -0.05) is 0 Å². The number of ether oxygens (including phenoxy) is 1. The van der Waals surface area contributed by atoms with Crippen LogP contribution >= 0.6 is 0 Å². The van der Waals surface area contributed by atoms with E-state index in [0.717, 1.165) is 0 Å². The molecule has 1 aliphatic heterocycles. The molecule has 1 aromatic heterocycles. The van der Waals surface area contributed by atoms with Gasteiger partial charge in [-0.2, -0.15) is 26.6 Å². The molecule has 0 spiro atoms. The van der Waals surface area contributed by atoms with Gasteiger partial charge in [0.1, 0.15) is 5.60 Å². The fraction of sp³-hybridized carbons (Fsp3) is 0.722. The molecule has 0 saturated heterocycles. The number of hydrogen-bond donors (Lipinski definition) is 0. The molecule has 13 heteroatoms. The topological polar surface area (TPSA) is 102 Å². The molecular formula is C18H27F3N4O5S. The Morgan fingerprint density at radius 2 is 1.77 bits per heavy atom. The minimum Gasteiger partial charge on any atom is -0.444 e. The normalized spacial score (nSPS) is 15.2. The van der Waals surface area contributed by atoms with Crippen LogP contribution in [0.25, 0.3) is 0 Å². The van der Waals surface area contributed by atoms with Crippen molar-refractivity contribution in [3.63, 3.8) is 0 Å². The van der Waals surface area contributed by atoms with E-state index in [1.165, 1.54) is 4.90 Å². The number of amides is 1. The standard InChI is InChI=1S/C18H27F3N4O5S/c1-6-24(7-2)15-22-13-11-25(16(26)29-17(3,4)5)10-8-9-12(13)14(23-15)30-31(27,28)18(19,20)21/h6-11H2,1-5H3. The van der Waals surface area contributed by atoms with Crippen molar-refractivity contribution in [2.24, 2.45) is 0 Å². The van der Waals surface area contributed by atoms with E-state index >= 15 is 0 Å². The third-order valence-corrected chi connectivity index (χ3v) is 5.35. The van der Waals surface area contributed by atoms with Crippen LogP contribution in [0.3, 0.4) is 0 Å². The van der Waals surface area contributed by atoms with Crippen molar-refractivity contribution in [3.8, 4) is 5.88 Å². The van der Waals surface area contributed by atoms with Crippen molar-refractivity contribution in [3.05, 3.63) is 11.3 Å². The first-order valence-corrected chi connectivity index (χ1v) is 11.2. The zero-order valence-corrected chi connectivity index (χ0v) is 18.9. The number of alkyl halides is 3. The Hall–Kier alpha value is -2.31. The lowest BCUT2D eigenvalue weighted by Gasteiger charge is -2.26. The molecule has 9 nitrogen and oxygen atoms in total. The van der Waals surface area contributed by atoms with E-state index in [2.05, 4.69) is 14.2 Å². The zero-order valence-electron chi connectivity index (χ0n) is 18.1. The average Bonchev–Trinajstić information content (AvgIpc) is 2.83. The summed E-state index contributed by atoms with van der Waals surface area (Å²) < 4.78 is 71.8. The van der Waals surface area contributed by atoms with E-state index in [4.69, 9.17) is 4.74 Å². The van der Waals surface area contributed by atoms with Crippen LogP contribution in [0.2, 0.25) is 0 Å². The monoisotopic (exact) mass is 468 g/mol. The fourth-order valence-electron chi connectivity index (χ4n) is 2.93. The first-order chi connectivity index (χ1) is 14.2. The Balaban J connectivity index is 2.53. The summed E-state index contributed by atoms with van der Waals surface area (Å²) in [6.45, 7) is 9.74. The van der Waals surface area contributed by atoms with Gasteiger partial charge in [0, 0.05) is 25.2 Å². The molecular weight excluding hydrogens is 441 g/mol. The number of anilines is 1. The SMILES string of the molecule is CCN(CC)c1nc2c(c(OS(=O)(=O)C(F)(F)F)n1)CCCN(C(=O)OC(C)(C)C)C2. The number of aromatic nitrogens is 2. The van der Waals surface area contributed by atoms with Crippen LogP contribution in [-0.2, 0) is 27.8 Å². The lowest BCUT2D eigenvalue weighted by atomic mass is 10.1. The van der Waals surface area contributed by atoms with Gasteiger partial charge in [0.2, 0.25) is 11.8 Å². The second kappa shape index (κ2) is 9.05. The Kier molecular flexibility index (Phi) is 7.28. The maximum Gasteiger partial charge on any atom is 0.534 e. The van der Waals surface area contributed by atoms with E-state index in [1.807, 2.05) is 0 Å². The van der Waals surface area contributed by atoms with Crippen molar-refractivity contribution >= 4 is 22.2 Å². The summed E-state index contributed by atoms with van der Waals surface area (Å²) in [6, 6.07) is 0. The minimum absolute atomic E-state index is 0.0159. The van der Waals surface area contributed by atoms with E-state index in [9.17, 15) is 26.4 Å². The molecule has 0 bridgehead atoms. The number of rotatable bonds is 5. The van der Waals surface area contributed by atoms with Gasteiger partial charge in [-0.25, -0.2) is 9.78 Å². The second-order valence-electron chi connectivity index (χ2n) is 7.91. The quantitative estimate of drug-likeness (QED) is 0.480. The highest BCUT2D eigenvalue weighted by Crippen LogP contribution is 2.32. The number of hydrogen-bond acceptors (Lipinski definition) is 8. The third kappa shape index (κ3) is 6.11. The number of carbonyl (C=O) groups excluding carboxylic acids is 1. The number of nitrogens with zero attached hydrogens (tertiary/aromatic N) is 4. The number of carbonyl (C=O) groups is 1. The summed E-state index contributed by atoms with van der Waals surface area (Å²) in [7, 11) is -5.92. The van der Waals surface area contributed by atoms with Crippen molar-refractivity contribution < 1.29 is 35.3 Å². The Bertz CT molecular complexity index is 912. The van der Waals surface area contributed by atoms with Crippen LogP contribution in [0.5, 0.6) is 5.88 Å². The molecule has 0 saturated carbocycles. The highest BCUT2D eigenvalue weighted by Gasteiger charge is 2.49. The summed E-state index contributed by atoms with van der Waals surface area (Å²) in [4.78, 5) is 23.9. The molecule has 2 heterocycles. The van der Waals surface area contributed by atoms with Gasteiger partial charge in [-0.3, -0.25) is 0 Å². The molecule has 176 valence electrons. The van der Waals surface area contributed by atoms with Crippen LogP contribution in [0.4, 0.5) is 23.9 Å². The zero-order chi connectivity index (χ0) is 23.6. The first-order valence-electron chi connectivity index (χ1n) is 9.82. The molecule has 0 radical (unpaired) electrons. The van der Waals surface area contributed by atoms with E-state index < -0.39 is 33.2 Å². The fourth-order valence-corrected chi connectivity index (χ4v) is 3.37. The Morgan fingerprint density at radius 3 is 2.29 bits per heavy atom. The lowest BCUT2D eigenvalue weighted by molar-refractivity contribution is -0.0501. The van der Waals surface area contributed by atoms with E-state index in [-0.39, 0.29) is 36.7 Å². The van der Waals surface area contributed by atoms with Gasteiger partial charge < -0.3 is 18.7 Å². The van der Waals surface area contributed by atoms with E-state index in [1.54, 1.807) is 39.5 Å². The number of fused-ring (bicyclic) bond motifs is 1. The van der Waals surface area contributed by atoms with Crippen LogP contribution in [0, 0.1) is 0 Å². The van der Waals surface area contributed by atoms with Gasteiger partial charge >= 0.3 is 21.7 Å². The first kappa shape index (κ1) is 25.0. The lowest BCUT2D eigenvalue weighted by Crippen LogP contribution is -2.37. The van der Waals surface area contributed by atoms with Crippen molar-refractivity contribution in [1.82, 2.24) is 14.9 Å². The summed E-state index contributed by atoms with van der Waals surface area (Å²) >= 11 is 0. The predicted molar refractivity (Wildman–Crippen MR) is 106 cm³/mol. The molecule has 0 unspecified atom stereocenters. The summed E-state index contributed by atoms with van der Waals surface area (Å²) in [5.74, 6) is -0.655. The molecule has 0 aromatic carbocycles. The van der Waals surface area contributed by atoms with Crippen molar-refractivity contribution in [1.29, 1.82) is 0 Å². The molecule has 0 aliphatic carbocycles. The van der Waals surface area contributed by atoms with Crippen LogP contribution in [0.15, 0.2) is 0 Å². The molecule has 0 atom stereocenters. The molecule has 0 fully saturated rings. The van der Waals surface area contributed by atoms with Crippen LogP contribution < -0.4 is 9.08 Å². The van der Waals surface area contributed by atoms with Gasteiger partial charge in [0.15, 0.2) is 0 Å². The smallest absolute Gasteiger partial charge is 0.444 e. The van der Waals surface area contributed by atoms with Gasteiger partial charge in [0.05, 0.1) is 12.2 Å². The third-order valence-electron chi connectivity index (χ3n) is 4.41. The average molecular weight is 468 g/mol. The number of halogens is 3. The predicted octanol–water partition coefficient (Wildman–Crippen LogP) is 3.23. The largest absolute Gasteiger partial charge is 0.534 e. The minimum atomic E-state index is -5.92. The van der Waals surface area contributed by atoms with Crippen LogP contribution in [0.1, 0.15) is 52.3 Å². The second-order valence-corrected chi connectivity index (χ2v) is 9.45. The maximum absolute atomic E-state index is 12.9.